The van der Waals surface area contributed by atoms with Gasteiger partial charge in [-0.15, -0.1) is 0 Å². The van der Waals surface area contributed by atoms with Gasteiger partial charge >= 0.3 is 0 Å². The van der Waals surface area contributed by atoms with Crippen molar-refractivity contribution in [3.63, 3.8) is 0 Å². The van der Waals surface area contributed by atoms with Gasteiger partial charge in [-0.25, -0.2) is 18.7 Å². The van der Waals surface area contributed by atoms with Crippen LogP contribution in [0.5, 0.6) is 0 Å². The molecule has 5 nitrogen and oxygen atoms in total. The average molecular weight is 518 g/mol. The fourth-order valence-corrected chi connectivity index (χ4v) is 3.26. The lowest BCUT2D eigenvalue weighted by Gasteiger charge is -2.34. The third-order valence-electron chi connectivity index (χ3n) is 5.11. The molecule has 2 aromatic heterocycles. The lowest BCUT2D eigenvalue weighted by Crippen LogP contribution is -2.46. The first-order valence-electron chi connectivity index (χ1n) is 13.2. The first-order valence-corrected chi connectivity index (χ1v) is 13.2. The van der Waals surface area contributed by atoms with Gasteiger partial charge < -0.3 is 16.0 Å². The van der Waals surface area contributed by atoms with Crippen LogP contribution in [0.2, 0.25) is 0 Å². The van der Waals surface area contributed by atoms with Gasteiger partial charge in [-0.1, -0.05) is 92.0 Å². The number of nitrogens with one attached hydrogen (secondary N) is 2. The maximum absolute atomic E-state index is 11.9. The van der Waals surface area contributed by atoms with E-state index in [-0.39, 0.29) is 18.9 Å². The van der Waals surface area contributed by atoms with Crippen molar-refractivity contribution in [2.45, 2.75) is 86.6 Å². The molecule has 2 heterocycles. The molecule has 0 spiro atoms. The highest BCUT2D eigenvalue weighted by Gasteiger charge is 2.44. The number of nitrogen functional groups attached to an aromatic ring is 1. The largest absolute Gasteiger partial charge is 0.383 e. The standard InChI is InChI=1S/C19H22N4.C5H9F2N.3C2H6/c1-5-8-9-15(10-13(4)14(6-2)7-3)16-11-21-19-17(16)18(20)22-12-23-19;1-8-4-2-5(6,7)3-4;3*1-2/h6-12H,2-3,5H2,1,4H3,(H3,20,21,22,23);4,8H,2-3H2,1H3;3*1-2H3/b9-8-,15-10+;;;;. The van der Waals surface area contributed by atoms with Crippen LogP contribution in [0.1, 0.15) is 80.2 Å². The maximum atomic E-state index is 11.9. The van der Waals surface area contributed by atoms with Crippen molar-refractivity contribution in [1.82, 2.24) is 20.3 Å². The molecule has 0 radical (unpaired) electrons. The summed E-state index contributed by atoms with van der Waals surface area (Å²) in [6.45, 7) is 23.8. The van der Waals surface area contributed by atoms with Crippen molar-refractivity contribution >= 4 is 22.4 Å². The summed E-state index contributed by atoms with van der Waals surface area (Å²) in [4.78, 5) is 11.5. The molecule has 0 aromatic carbocycles. The highest BCUT2D eigenvalue weighted by Crippen LogP contribution is 2.36. The highest BCUT2D eigenvalue weighted by molar-refractivity contribution is 5.99. The van der Waals surface area contributed by atoms with Crippen LogP contribution in [0.15, 0.2) is 67.2 Å². The van der Waals surface area contributed by atoms with Gasteiger partial charge in [0.25, 0.3) is 5.92 Å². The Morgan fingerprint density at radius 2 is 1.70 bits per heavy atom. The second-order valence-corrected chi connectivity index (χ2v) is 7.39. The Labute approximate surface area is 223 Å². The fourth-order valence-electron chi connectivity index (χ4n) is 3.26. The minimum absolute atomic E-state index is 0.0174. The number of aromatic nitrogens is 3. The molecular weight excluding hydrogens is 468 g/mol. The first kappa shape index (κ1) is 36.1. The topological polar surface area (TPSA) is 79.6 Å². The highest BCUT2D eigenvalue weighted by atomic mass is 19.3. The molecule has 0 amide bonds. The van der Waals surface area contributed by atoms with Crippen LogP contribution < -0.4 is 11.1 Å². The number of allylic oxidation sites excluding steroid dienone is 8. The first-order chi connectivity index (χ1) is 17.8. The number of rotatable bonds is 7. The van der Waals surface area contributed by atoms with Crippen molar-refractivity contribution in [3.05, 3.63) is 72.8 Å². The molecule has 1 aliphatic carbocycles. The number of hydrogen-bond acceptors (Lipinski definition) is 4. The predicted molar refractivity (Wildman–Crippen MR) is 160 cm³/mol. The van der Waals surface area contributed by atoms with E-state index in [1.165, 1.54) is 6.33 Å². The number of nitrogens with two attached hydrogens (primary N) is 1. The van der Waals surface area contributed by atoms with E-state index in [2.05, 4.69) is 58.6 Å². The van der Waals surface area contributed by atoms with Gasteiger partial charge in [-0.2, -0.15) is 0 Å². The van der Waals surface area contributed by atoms with Crippen LogP contribution in [0.3, 0.4) is 0 Å². The van der Waals surface area contributed by atoms with E-state index in [9.17, 15) is 8.78 Å². The van der Waals surface area contributed by atoms with Gasteiger partial charge in [-0.05, 0) is 37.1 Å². The van der Waals surface area contributed by atoms with Crippen LogP contribution in [-0.2, 0) is 0 Å². The number of fused-ring (bicyclic) bond motifs is 1. The Kier molecular flexibility index (Phi) is 19.6. The quantitative estimate of drug-likeness (QED) is 0.321. The molecule has 1 saturated carbocycles. The molecular formula is C30H49F2N5. The summed E-state index contributed by atoms with van der Waals surface area (Å²) in [7, 11) is 1.71. The van der Waals surface area contributed by atoms with E-state index in [1.807, 2.05) is 54.7 Å². The van der Waals surface area contributed by atoms with Crippen molar-refractivity contribution < 1.29 is 8.78 Å². The molecule has 7 heteroatoms. The van der Waals surface area contributed by atoms with E-state index in [4.69, 9.17) is 5.73 Å². The van der Waals surface area contributed by atoms with Gasteiger partial charge in [-0.3, -0.25) is 0 Å². The summed E-state index contributed by atoms with van der Waals surface area (Å²) in [5.41, 5.74) is 10.9. The minimum Gasteiger partial charge on any atom is -0.383 e. The summed E-state index contributed by atoms with van der Waals surface area (Å²) in [6.07, 6.45) is 14.2. The molecule has 1 aliphatic rings. The zero-order valence-corrected chi connectivity index (χ0v) is 24.4. The van der Waals surface area contributed by atoms with Crippen LogP contribution >= 0.6 is 0 Å². The fraction of sp³-hybridized carbons (Fsp3) is 0.467. The average Bonchev–Trinajstić information content (AvgIpc) is 3.35. The number of H-pyrrole nitrogens is 1. The third kappa shape index (κ3) is 11.7. The predicted octanol–water partition coefficient (Wildman–Crippen LogP) is 8.66. The van der Waals surface area contributed by atoms with Crippen LogP contribution in [-0.4, -0.2) is 34.0 Å². The van der Waals surface area contributed by atoms with E-state index in [0.717, 1.165) is 39.7 Å². The molecule has 0 atom stereocenters. The SMILES string of the molecule is C=CC(C=C)=C(C)/C=C(\C=C/CC)c1c[nH]c2ncnc(N)c12.CC.CC.CC.CNC1CC(F)(F)C1. The summed E-state index contributed by atoms with van der Waals surface area (Å²) < 4.78 is 23.9. The number of anilines is 1. The van der Waals surface area contributed by atoms with Gasteiger partial charge in [0.1, 0.15) is 17.8 Å². The Morgan fingerprint density at radius 3 is 2.14 bits per heavy atom. The number of halogens is 2. The molecule has 0 saturated heterocycles. The molecule has 0 unspecified atom stereocenters. The Balaban J connectivity index is 0. The Hall–Kier alpha value is -3.06. The number of hydrogen-bond donors (Lipinski definition) is 3. The second-order valence-electron chi connectivity index (χ2n) is 7.39. The zero-order chi connectivity index (χ0) is 29.0. The minimum atomic E-state index is -2.37. The van der Waals surface area contributed by atoms with Crippen LogP contribution in [0.4, 0.5) is 14.6 Å². The van der Waals surface area contributed by atoms with E-state index in [1.54, 1.807) is 19.2 Å². The zero-order valence-electron chi connectivity index (χ0n) is 24.4. The molecule has 2 aromatic rings. The molecule has 208 valence electrons. The van der Waals surface area contributed by atoms with Crippen molar-refractivity contribution in [1.29, 1.82) is 0 Å². The monoisotopic (exact) mass is 517 g/mol. The third-order valence-corrected chi connectivity index (χ3v) is 5.11. The molecule has 0 aliphatic heterocycles. The van der Waals surface area contributed by atoms with Crippen LogP contribution in [0, 0.1) is 0 Å². The van der Waals surface area contributed by atoms with Gasteiger partial charge in [0, 0.05) is 30.6 Å². The lowest BCUT2D eigenvalue weighted by atomic mass is 9.88. The smallest absolute Gasteiger partial charge is 0.251 e. The second kappa shape index (κ2) is 20.0. The number of aromatic amines is 1. The van der Waals surface area contributed by atoms with Crippen molar-refractivity contribution in [2.24, 2.45) is 0 Å². The summed E-state index contributed by atoms with van der Waals surface area (Å²) in [5, 5.41) is 3.62. The van der Waals surface area contributed by atoms with E-state index < -0.39 is 5.92 Å². The Bertz CT molecular complexity index is 998. The van der Waals surface area contributed by atoms with Crippen molar-refractivity contribution in [2.75, 3.05) is 12.8 Å². The van der Waals surface area contributed by atoms with E-state index >= 15 is 0 Å². The van der Waals surface area contributed by atoms with E-state index in [0.29, 0.717) is 5.82 Å². The van der Waals surface area contributed by atoms with Crippen molar-refractivity contribution in [3.8, 4) is 0 Å². The van der Waals surface area contributed by atoms with Crippen LogP contribution in [0.25, 0.3) is 16.6 Å². The van der Waals surface area contributed by atoms with Gasteiger partial charge in [0.2, 0.25) is 0 Å². The summed E-state index contributed by atoms with van der Waals surface area (Å²) in [6, 6.07) is 0.0602. The number of alkyl halides is 2. The summed E-state index contributed by atoms with van der Waals surface area (Å²) >= 11 is 0. The maximum Gasteiger partial charge on any atom is 0.251 e. The molecule has 1 fully saturated rings. The van der Waals surface area contributed by atoms with Gasteiger partial charge in [0.05, 0.1) is 5.39 Å². The molecule has 37 heavy (non-hydrogen) atoms. The molecule has 3 rings (SSSR count). The lowest BCUT2D eigenvalue weighted by molar-refractivity contribution is -0.0910. The summed E-state index contributed by atoms with van der Waals surface area (Å²) in [5.74, 6) is -1.90. The normalized spacial score (nSPS) is 13.8. The van der Waals surface area contributed by atoms with Gasteiger partial charge in [0.15, 0.2) is 0 Å². The molecule has 4 N–H and O–H groups in total. The number of nitrogens with zero attached hydrogens (tertiary/aromatic N) is 2. The Morgan fingerprint density at radius 1 is 1.14 bits per heavy atom. The molecule has 0 bridgehead atoms.